The predicted octanol–water partition coefficient (Wildman–Crippen LogP) is 4.68. The lowest BCUT2D eigenvalue weighted by Gasteiger charge is -2.40. The van der Waals surface area contributed by atoms with Crippen LogP contribution < -0.4 is 0 Å². The van der Waals surface area contributed by atoms with E-state index in [1.54, 1.807) is 13.0 Å². The first kappa shape index (κ1) is 14.2. The molecule has 1 aliphatic rings. The van der Waals surface area contributed by atoms with Gasteiger partial charge < -0.3 is 0 Å². The lowest BCUT2D eigenvalue weighted by Crippen LogP contribution is -2.29. The molecule has 0 N–H and O–H groups in total. The highest BCUT2D eigenvalue weighted by molar-refractivity contribution is 5.87. The second kappa shape index (κ2) is 5.66. The average molecular weight is 234 g/mol. The maximum Gasteiger partial charge on any atom is 0.152 e. The number of allylic oxidation sites excluding steroid dienone is 3. The van der Waals surface area contributed by atoms with Gasteiger partial charge >= 0.3 is 0 Å². The highest BCUT2D eigenvalue weighted by atomic mass is 16.1. The maximum absolute atomic E-state index is 11.0. The molecule has 17 heavy (non-hydrogen) atoms. The zero-order chi connectivity index (χ0) is 13.1. The molecule has 0 spiro atoms. The van der Waals surface area contributed by atoms with Gasteiger partial charge in [0.25, 0.3) is 0 Å². The van der Waals surface area contributed by atoms with Crippen molar-refractivity contribution in [2.24, 2.45) is 11.3 Å². The summed E-state index contributed by atoms with van der Waals surface area (Å²) < 4.78 is 0. The van der Waals surface area contributed by atoms with Gasteiger partial charge in [0.05, 0.1) is 0 Å². The van der Waals surface area contributed by atoms with Crippen molar-refractivity contribution in [3.63, 3.8) is 0 Å². The lowest BCUT2D eigenvalue weighted by molar-refractivity contribution is -0.112. The zero-order valence-electron chi connectivity index (χ0n) is 11.8. The van der Waals surface area contributed by atoms with Crippen LogP contribution in [0.2, 0.25) is 0 Å². The lowest BCUT2D eigenvalue weighted by atomic mass is 9.65. The van der Waals surface area contributed by atoms with Gasteiger partial charge in [-0.1, -0.05) is 31.6 Å². The van der Waals surface area contributed by atoms with Crippen LogP contribution in [0.25, 0.3) is 0 Å². The molecule has 1 nitrogen and oxygen atoms in total. The molecule has 0 amide bonds. The standard InChI is InChI=1S/C16H26O/c1-12(11-14(3)17)8-9-15-13(2)7-6-10-16(15,4)5/h11,15H,2,6-10H2,1,3-5H3/b12-11+/t15-/m1/s1. The molecule has 0 bridgehead atoms. The highest BCUT2D eigenvalue weighted by Crippen LogP contribution is 2.45. The number of carbonyl (C=O) groups excluding carboxylic acids is 1. The van der Waals surface area contributed by atoms with E-state index >= 15 is 0 Å². The summed E-state index contributed by atoms with van der Waals surface area (Å²) in [5, 5.41) is 0. The summed E-state index contributed by atoms with van der Waals surface area (Å²) in [6.45, 7) is 12.6. The minimum atomic E-state index is 0.157. The summed E-state index contributed by atoms with van der Waals surface area (Å²) in [5.74, 6) is 0.774. The van der Waals surface area contributed by atoms with Crippen molar-refractivity contribution in [3.05, 3.63) is 23.8 Å². The Morgan fingerprint density at radius 1 is 1.47 bits per heavy atom. The minimum absolute atomic E-state index is 0.157. The van der Waals surface area contributed by atoms with E-state index in [2.05, 4.69) is 27.4 Å². The fraction of sp³-hybridized carbons (Fsp3) is 0.688. The van der Waals surface area contributed by atoms with Crippen LogP contribution >= 0.6 is 0 Å². The molecule has 1 fully saturated rings. The number of hydrogen-bond acceptors (Lipinski definition) is 1. The van der Waals surface area contributed by atoms with Crippen molar-refractivity contribution in [3.8, 4) is 0 Å². The van der Waals surface area contributed by atoms with Crippen LogP contribution in [-0.2, 0) is 4.79 Å². The van der Waals surface area contributed by atoms with E-state index in [1.807, 2.05) is 0 Å². The van der Waals surface area contributed by atoms with E-state index in [0.29, 0.717) is 11.3 Å². The van der Waals surface area contributed by atoms with E-state index in [-0.39, 0.29) is 5.78 Å². The fourth-order valence-corrected chi connectivity index (χ4v) is 3.06. The van der Waals surface area contributed by atoms with Crippen molar-refractivity contribution in [1.82, 2.24) is 0 Å². The topological polar surface area (TPSA) is 17.1 Å². The molecule has 0 heterocycles. The summed E-state index contributed by atoms with van der Waals surface area (Å²) in [7, 11) is 0. The first-order valence-electron chi connectivity index (χ1n) is 6.68. The number of ketones is 1. The highest BCUT2D eigenvalue weighted by Gasteiger charge is 2.33. The summed E-state index contributed by atoms with van der Waals surface area (Å²) in [5.41, 5.74) is 3.00. The Morgan fingerprint density at radius 3 is 2.65 bits per heavy atom. The molecule has 0 aliphatic heterocycles. The number of carbonyl (C=O) groups is 1. The molecular formula is C16H26O. The third-order valence-corrected chi connectivity index (χ3v) is 4.03. The molecular weight excluding hydrogens is 208 g/mol. The molecule has 0 aromatic heterocycles. The smallest absolute Gasteiger partial charge is 0.152 e. The summed E-state index contributed by atoms with van der Waals surface area (Å²) in [4.78, 5) is 11.0. The summed E-state index contributed by atoms with van der Waals surface area (Å²) in [6, 6.07) is 0. The van der Waals surface area contributed by atoms with Crippen molar-refractivity contribution < 1.29 is 4.79 Å². The monoisotopic (exact) mass is 234 g/mol. The Labute approximate surface area is 106 Å². The Morgan fingerprint density at radius 2 is 2.12 bits per heavy atom. The molecule has 1 heteroatoms. The van der Waals surface area contributed by atoms with Gasteiger partial charge in [-0.05, 0) is 63.4 Å². The van der Waals surface area contributed by atoms with Crippen LogP contribution in [0.3, 0.4) is 0 Å². The summed E-state index contributed by atoms with van der Waals surface area (Å²) >= 11 is 0. The van der Waals surface area contributed by atoms with E-state index in [1.165, 1.54) is 30.4 Å². The van der Waals surface area contributed by atoms with Crippen LogP contribution in [0.5, 0.6) is 0 Å². The van der Waals surface area contributed by atoms with Gasteiger partial charge in [0.15, 0.2) is 5.78 Å². The average Bonchev–Trinajstić information content (AvgIpc) is 2.14. The predicted molar refractivity (Wildman–Crippen MR) is 73.9 cm³/mol. The van der Waals surface area contributed by atoms with Gasteiger partial charge in [-0.25, -0.2) is 0 Å². The van der Waals surface area contributed by atoms with Crippen molar-refractivity contribution in [2.75, 3.05) is 0 Å². The van der Waals surface area contributed by atoms with Gasteiger partial charge in [0.2, 0.25) is 0 Å². The zero-order valence-corrected chi connectivity index (χ0v) is 11.8. The SMILES string of the molecule is C=C1CCCC(C)(C)[C@@H]1CC/C(C)=C/C(C)=O. The van der Waals surface area contributed by atoms with Crippen LogP contribution in [0, 0.1) is 11.3 Å². The van der Waals surface area contributed by atoms with Crippen molar-refractivity contribution in [2.45, 2.75) is 59.8 Å². The first-order valence-corrected chi connectivity index (χ1v) is 6.68. The first-order chi connectivity index (χ1) is 7.83. The van der Waals surface area contributed by atoms with Crippen LogP contribution in [0.4, 0.5) is 0 Å². The molecule has 1 atom stereocenters. The Bertz CT molecular complexity index is 333. The van der Waals surface area contributed by atoms with Crippen LogP contribution in [0.15, 0.2) is 23.8 Å². The third kappa shape index (κ3) is 4.14. The summed E-state index contributed by atoms with van der Waals surface area (Å²) in [6.07, 6.45) is 7.69. The molecule has 0 aromatic carbocycles. The normalized spacial score (nSPS) is 24.8. The van der Waals surface area contributed by atoms with E-state index in [4.69, 9.17) is 0 Å². The molecule has 0 aromatic rings. The molecule has 1 saturated carbocycles. The number of rotatable bonds is 4. The minimum Gasteiger partial charge on any atom is -0.295 e. The third-order valence-electron chi connectivity index (χ3n) is 4.03. The number of hydrogen-bond donors (Lipinski definition) is 0. The van der Waals surface area contributed by atoms with Gasteiger partial charge in [-0.2, -0.15) is 0 Å². The van der Waals surface area contributed by atoms with Gasteiger partial charge in [-0.15, -0.1) is 0 Å². The molecule has 0 unspecified atom stereocenters. The van der Waals surface area contributed by atoms with Gasteiger partial charge in [0.1, 0.15) is 0 Å². The Balaban J connectivity index is 2.60. The molecule has 1 aliphatic carbocycles. The van der Waals surface area contributed by atoms with Gasteiger partial charge in [-0.3, -0.25) is 4.79 Å². The Hall–Kier alpha value is -0.850. The van der Waals surface area contributed by atoms with Crippen LogP contribution in [-0.4, -0.2) is 5.78 Å². The molecule has 1 rings (SSSR count). The maximum atomic E-state index is 11.0. The second-order valence-electron chi connectivity index (χ2n) is 6.19. The van der Waals surface area contributed by atoms with Gasteiger partial charge in [0, 0.05) is 0 Å². The van der Waals surface area contributed by atoms with E-state index in [0.717, 1.165) is 12.8 Å². The Kier molecular flexibility index (Phi) is 4.73. The largest absolute Gasteiger partial charge is 0.295 e. The van der Waals surface area contributed by atoms with Crippen molar-refractivity contribution in [1.29, 1.82) is 0 Å². The van der Waals surface area contributed by atoms with Crippen LogP contribution in [0.1, 0.15) is 59.8 Å². The quantitative estimate of drug-likeness (QED) is 0.509. The molecule has 0 radical (unpaired) electrons. The van der Waals surface area contributed by atoms with E-state index in [9.17, 15) is 4.79 Å². The molecule has 0 saturated heterocycles. The van der Waals surface area contributed by atoms with E-state index < -0.39 is 0 Å². The fourth-order valence-electron chi connectivity index (χ4n) is 3.06. The molecule has 96 valence electrons. The second-order valence-corrected chi connectivity index (χ2v) is 6.19. The van der Waals surface area contributed by atoms with Crippen molar-refractivity contribution >= 4 is 5.78 Å².